The van der Waals surface area contributed by atoms with E-state index in [2.05, 4.69) is 26.0 Å². The second kappa shape index (κ2) is 10.4. The molecule has 4 aromatic rings. The molecule has 1 saturated carbocycles. The third-order valence-corrected chi connectivity index (χ3v) is 8.56. The van der Waals surface area contributed by atoms with Crippen LogP contribution in [0, 0.1) is 12.4 Å². The number of likely N-dealkylation sites (tertiary alicyclic amines) is 1. The maximum Gasteiger partial charge on any atom is 0.260 e. The van der Waals surface area contributed by atoms with Crippen LogP contribution in [0.3, 0.4) is 0 Å². The van der Waals surface area contributed by atoms with Gasteiger partial charge in [-0.1, -0.05) is 12.1 Å². The molecule has 0 spiro atoms. The SMILES string of the molecule is [C-]#[N+]c1ccc(-c2cc(C3CC3)nc(N3Cc4c(F)cc(CN5CC[C@@H]5COC)cc4C3=O)c2)c(-c2nncn2C)c1. The van der Waals surface area contributed by atoms with Crippen molar-refractivity contribution in [1.82, 2.24) is 24.6 Å². The number of anilines is 1. The van der Waals surface area contributed by atoms with Crippen LogP contribution in [0.4, 0.5) is 15.9 Å². The molecule has 2 aromatic heterocycles. The smallest absolute Gasteiger partial charge is 0.260 e. The van der Waals surface area contributed by atoms with E-state index < -0.39 is 0 Å². The third kappa shape index (κ3) is 4.65. The first kappa shape index (κ1) is 26.4. The molecule has 2 aromatic carbocycles. The number of nitrogens with zero attached hydrogens (tertiary/aromatic N) is 7. The summed E-state index contributed by atoms with van der Waals surface area (Å²) >= 11 is 0. The zero-order valence-electron chi connectivity index (χ0n) is 23.5. The van der Waals surface area contributed by atoms with E-state index in [0.29, 0.717) is 53.6 Å². The van der Waals surface area contributed by atoms with Crippen LogP contribution in [0.25, 0.3) is 27.4 Å². The van der Waals surface area contributed by atoms with Crippen molar-refractivity contribution in [1.29, 1.82) is 0 Å². The van der Waals surface area contributed by atoms with Crippen molar-refractivity contribution < 1.29 is 13.9 Å². The molecule has 0 bridgehead atoms. The van der Waals surface area contributed by atoms with Crippen LogP contribution < -0.4 is 4.90 Å². The summed E-state index contributed by atoms with van der Waals surface area (Å²) in [6, 6.07) is 13.2. The Labute approximate surface area is 243 Å². The maximum absolute atomic E-state index is 15.4. The molecule has 0 N–H and O–H groups in total. The second-order valence-corrected chi connectivity index (χ2v) is 11.4. The quantitative estimate of drug-likeness (QED) is 0.264. The minimum Gasteiger partial charge on any atom is -0.383 e. The van der Waals surface area contributed by atoms with E-state index in [0.717, 1.165) is 53.8 Å². The van der Waals surface area contributed by atoms with Gasteiger partial charge in [0.2, 0.25) is 0 Å². The Kier molecular flexibility index (Phi) is 6.56. The van der Waals surface area contributed by atoms with Gasteiger partial charge in [0.05, 0.1) is 19.7 Å². The fourth-order valence-electron chi connectivity index (χ4n) is 6.00. The third-order valence-electron chi connectivity index (χ3n) is 8.56. The summed E-state index contributed by atoms with van der Waals surface area (Å²) in [5.41, 5.74) is 5.49. The normalized spacial score (nSPS) is 18.2. The number of fused-ring (bicyclic) bond motifs is 1. The molecule has 1 atom stereocenters. The molecule has 42 heavy (non-hydrogen) atoms. The molecule has 212 valence electrons. The average molecular weight is 564 g/mol. The van der Waals surface area contributed by atoms with Gasteiger partial charge in [-0.25, -0.2) is 14.2 Å². The van der Waals surface area contributed by atoms with Gasteiger partial charge in [0.1, 0.15) is 18.0 Å². The number of benzene rings is 2. The number of methoxy groups -OCH3 is 1. The van der Waals surface area contributed by atoms with Crippen molar-refractivity contribution in [3.8, 4) is 22.5 Å². The van der Waals surface area contributed by atoms with Crippen molar-refractivity contribution in [2.45, 2.75) is 44.3 Å². The lowest BCUT2D eigenvalue weighted by Gasteiger charge is -2.40. The highest BCUT2D eigenvalue weighted by Crippen LogP contribution is 2.43. The number of aryl methyl sites for hydroxylation is 1. The Morgan fingerprint density at radius 2 is 1.95 bits per heavy atom. The number of halogens is 1. The van der Waals surface area contributed by atoms with Gasteiger partial charge >= 0.3 is 0 Å². The van der Waals surface area contributed by atoms with E-state index in [1.54, 1.807) is 30.5 Å². The Hall–Kier alpha value is -4.46. The molecule has 4 heterocycles. The van der Waals surface area contributed by atoms with Crippen molar-refractivity contribution >= 4 is 17.4 Å². The predicted octanol–water partition coefficient (Wildman–Crippen LogP) is 5.49. The number of rotatable bonds is 8. The first-order valence-electron chi connectivity index (χ1n) is 14.2. The molecule has 1 aliphatic carbocycles. The largest absolute Gasteiger partial charge is 0.383 e. The summed E-state index contributed by atoms with van der Waals surface area (Å²) < 4.78 is 22.6. The zero-order chi connectivity index (χ0) is 29.0. The highest BCUT2D eigenvalue weighted by Gasteiger charge is 2.35. The van der Waals surface area contributed by atoms with E-state index >= 15 is 4.39 Å². The van der Waals surface area contributed by atoms with Gasteiger partial charge < -0.3 is 9.30 Å². The van der Waals surface area contributed by atoms with Gasteiger partial charge in [-0.3, -0.25) is 14.6 Å². The number of hydrogen-bond acceptors (Lipinski definition) is 6. The van der Waals surface area contributed by atoms with Crippen molar-refractivity contribution in [2.24, 2.45) is 7.05 Å². The highest BCUT2D eigenvalue weighted by molar-refractivity contribution is 6.10. The van der Waals surface area contributed by atoms with Crippen molar-refractivity contribution in [3.63, 3.8) is 0 Å². The summed E-state index contributed by atoms with van der Waals surface area (Å²) in [5, 5.41) is 8.34. The Morgan fingerprint density at radius 1 is 1.10 bits per heavy atom. The lowest BCUT2D eigenvalue weighted by Crippen LogP contribution is -2.49. The maximum atomic E-state index is 15.4. The van der Waals surface area contributed by atoms with Gasteiger partial charge in [0.25, 0.3) is 5.91 Å². The van der Waals surface area contributed by atoms with E-state index in [1.165, 1.54) is 0 Å². The standard InChI is InChI=1S/C32H30FN7O2/c1-34-22-6-7-24(25(14-22)31-37-35-18-38(31)2)21-12-29(20-4-5-20)36-30(13-21)40-16-27-26(32(40)41)10-19(11-28(27)33)15-39-9-8-23(39)17-42-3/h6-7,10-14,18,20,23H,4-5,8-9,15-17H2,2-3H3/t23-/m1/s1. The van der Waals surface area contributed by atoms with Crippen LogP contribution in [-0.2, 0) is 24.9 Å². The molecule has 1 amide bonds. The summed E-state index contributed by atoms with van der Waals surface area (Å²) in [5.74, 6) is 0.851. The van der Waals surface area contributed by atoms with Crippen molar-refractivity contribution in [3.05, 3.63) is 88.4 Å². The van der Waals surface area contributed by atoms with Crippen LogP contribution in [0.1, 0.15) is 52.4 Å². The van der Waals surface area contributed by atoms with E-state index in [4.69, 9.17) is 16.3 Å². The molecular weight excluding hydrogens is 533 g/mol. The molecule has 0 radical (unpaired) electrons. The molecule has 0 unspecified atom stereocenters. The summed E-state index contributed by atoms with van der Waals surface area (Å²) in [6.45, 7) is 9.81. The number of pyridine rings is 1. The highest BCUT2D eigenvalue weighted by atomic mass is 19.1. The Bertz CT molecular complexity index is 1760. The fraction of sp³-hybridized carbons (Fsp3) is 0.344. The van der Waals surface area contributed by atoms with E-state index in [1.807, 2.05) is 35.9 Å². The molecule has 2 aliphatic heterocycles. The molecule has 1 saturated heterocycles. The van der Waals surface area contributed by atoms with Crippen LogP contribution >= 0.6 is 0 Å². The Balaban J connectivity index is 1.26. The monoisotopic (exact) mass is 563 g/mol. The Morgan fingerprint density at radius 3 is 2.64 bits per heavy atom. The average Bonchev–Trinajstić information content (AvgIpc) is 3.68. The van der Waals surface area contributed by atoms with Gasteiger partial charge in [0, 0.05) is 61.6 Å². The molecule has 7 rings (SSSR count). The molecule has 10 heteroatoms. The van der Waals surface area contributed by atoms with E-state index in [-0.39, 0.29) is 18.3 Å². The van der Waals surface area contributed by atoms with Gasteiger partial charge in [0.15, 0.2) is 11.5 Å². The number of carbonyl (C=O) groups excluding carboxylic acids is 1. The van der Waals surface area contributed by atoms with Gasteiger partial charge in [-0.2, -0.15) is 0 Å². The molecule has 9 nitrogen and oxygen atoms in total. The summed E-state index contributed by atoms with van der Waals surface area (Å²) in [7, 11) is 3.55. The number of aromatic nitrogens is 4. The van der Waals surface area contributed by atoms with Crippen LogP contribution in [0.15, 0.2) is 48.8 Å². The van der Waals surface area contributed by atoms with Crippen molar-refractivity contribution in [2.75, 3.05) is 25.2 Å². The first-order chi connectivity index (χ1) is 20.4. The number of hydrogen-bond donors (Lipinski definition) is 0. The lowest BCUT2D eigenvalue weighted by molar-refractivity contribution is 0.0177. The minimum absolute atomic E-state index is 0.129. The van der Waals surface area contributed by atoms with Crippen LogP contribution in [0.2, 0.25) is 0 Å². The second-order valence-electron chi connectivity index (χ2n) is 11.4. The topological polar surface area (TPSA) is 80.7 Å². The van der Waals surface area contributed by atoms with Gasteiger partial charge in [-0.05, 0) is 66.3 Å². The first-order valence-corrected chi connectivity index (χ1v) is 14.2. The zero-order valence-corrected chi connectivity index (χ0v) is 23.5. The summed E-state index contributed by atoms with van der Waals surface area (Å²) in [6.07, 6.45) is 4.75. The lowest BCUT2D eigenvalue weighted by atomic mass is 9.97. The molecular formula is C32H30FN7O2. The number of amides is 1. The van der Waals surface area contributed by atoms with E-state index in [9.17, 15) is 4.79 Å². The molecule has 2 fully saturated rings. The number of carbonyl (C=O) groups is 1. The van der Waals surface area contributed by atoms with Gasteiger partial charge in [-0.15, -0.1) is 10.2 Å². The minimum atomic E-state index is -0.361. The number of ether oxygens (including phenoxy) is 1. The van der Waals surface area contributed by atoms with Crippen LogP contribution in [-0.4, -0.2) is 56.9 Å². The molecule has 3 aliphatic rings. The fourth-order valence-corrected chi connectivity index (χ4v) is 6.00. The summed E-state index contributed by atoms with van der Waals surface area (Å²) in [4.78, 5) is 26.2. The predicted molar refractivity (Wildman–Crippen MR) is 156 cm³/mol. The van der Waals surface area contributed by atoms with Crippen LogP contribution in [0.5, 0.6) is 0 Å².